The Hall–Kier alpha value is -13.3. The fourth-order valence-corrected chi connectivity index (χ4v) is 20.7. The molecule has 0 aliphatic heterocycles. The van der Waals surface area contributed by atoms with E-state index in [-0.39, 0.29) is 0 Å². The van der Waals surface area contributed by atoms with Gasteiger partial charge in [-0.1, -0.05) is 297 Å². The fourth-order valence-electron chi connectivity index (χ4n) is 18.2. The Morgan fingerprint density at radius 2 is 0.481 bits per heavy atom. The summed E-state index contributed by atoms with van der Waals surface area (Å²) >= 11 is 3.80. The first-order valence-electron chi connectivity index (χ1n) is 37.3. The van der Waals surface area contributed by atoms with Gasteiger partial charge in [0.05, 0.1) is 0 Å². The van der Waals surface area contributed by atoms with Gasteiger partial charge >= 0.3 is 0 Å². The van der Waals surface area contributed by atoms with E-state index >= 15 is 0 Å². The summed E-state index contributed by atoms with van der Waals surface area (Å²) in [5.74, 6) is 0. The van der Waals surface area contributed by atoms with Crippen LogP contribution in [-0.4, -0.2) is 0 Å². The van der Waals surface area contributed by atoms with Crippen molar-refractivity contribution in [1.82, 2.24) is 0 Å². The first-order valence-corrected chi connectivity index (χ1v) is 38.9. The normalized spacial score (nSPS) is 12.1. The number of rotatable bonds is 8. The van der Waals surface area contributed by atoms with E-state index < -0.39 is 0 Å². The molecular weight excluding hydrogens is 1340 g/mol. The number of benzene rings is 21. The second-order valence-corrected chi connectivity index (χ2v) is 31.4. The lowest BCUT2D eigenvalue weighted by atomic mass is 9.87. The van der Waals surface area contributed by atoms with Gasteiger partial charge in [-0.25, -0.2) is 0 Å². The zero-order chi connectivity index (χ0) is 70.7. The van der Waals surface area contributed by atoms with Crippen molar-refractivity contribution in [1.29, 1.82) is 0 Å². The van der Waals surface area contributed by atoms with Crippen LogP contribution in [-0.2, 0) is 0 Å². The summed E-state index contributed by atoms with van der Waals surface area (Å²) in [7, 11) is 0. The van der Waals surface area contributed by atoms with Gasteiger partial charge in [0.1, 0.15) is 0 Å². The van der Waals surface area contributed by atoms with Crippen molar-refractivity contribution in [2.75, 3.05) is 0 Å². The van der Waals surface area contributed by atoms with Crippen LogP contribution < -0.4 is 0 Å². The van der Waals surface area contributed by atoms with Crippen molar-refractivity contribution in [3.8, 4) is 89.0 Å². The Morgan fingerprint density at radius 3 is 1.14 bits per heavy atom. The Labute approximate surface area is 631 Å². The molecule has 0 unspecified atom stereocenters. The van der Waals surface area contributed by atoms with E-state index in [2.05, 4.69) is 376 Å². The van der Waals surface area contributed by atoms with Crippen molar-refractivity contribution in [3.05, 3.63) is 376 Å². The van der Waals surface area contributed by atoms with E-state index in [0.717, 1.165) is 0 Å². The second kappa shape index (κ2) is 24.1. The Balaban J connectivity index is 0.595. The Kier molecular flexibility index (Phi) is 13.6. The minimum Gasteiger partial charge on any atom is -0.135 e. The largest absolute Gasteiger partial charge is 0.135 e. The molecule has 21 aromatic carbocycles. The summed E-state index contributed by atoms with van der Waals surface area (Å²) in [5.41, 5.74) is 19.5. The molecule has 498 valence electrons. The van der Waals surface area contributed by atoms with Gasteiger partial charge in [0.2, 0.25) is 0 Å². The summed E-state index contributed by atoms with van der Waals surface area (Å²) in [6, 6.07) is 142. The molecule has 0 saturated carbocycles. The van der Waals surface area contributed by atoms with Crippen LogP contribution in [0.15, 0.2) is 376 Å². The number of hydrogen-bond acceptors (Lipinski definition) is 2. The molecule has 0 bridgehead atoms. The van der Waals surface area contributed by atoms with Crippen LogP contribution in [0, 0.1) is 0 Å². The van der Waals surface area contributed by atoms with Gasteiger partial charge in [-0.05, 0) is 270 Å². The van der Waals surface area contributed by atoms with Gasteiger partial charge in [0.15, 0.2) is 0 Å². The maximum atomic E-state index is 2.49. The van der Waals surface area contributed by atoms with Crippen molar-refractivity contribution in [2.45, 2.75) is 0 Å². The van der Waals surface area contributed by atoms with Crippen molar-refractivity contribution < 1.29 is 0 Å². The molecule has 2 heterocycles. The molecule has 0 radical (unpaired) electrons. The summed E-state index contributed by atoms with van der Waals surface area (Å²) in [6.07, 6.45) is 0. The first kappa shape index (κ1) is 61.0. The molecule has 0 N–H and O–H groups in total. The SMILES string of the molecule is c1cc(-c2ccc3cc(-c4ccc5ccc(-c6cccc7c8ccc(-c9cccc(-c%10cc(-c%11cccc%12c%13cc(-c%14cccc%15c%14sc%14ccccc%14%15)ccc%13c%13ccccc%13c%11%12)cc%11c%10sc%10ccccc%10%11)c9)cc8c8ccccc8c67)cc5c4)ccc3c2)cc(-c2cc3ccccc3c3ccccc23)c1. The highest BCUT2D eigenvalue weighted by atomic mass is 32.1. The average molecular weight is 1400 g/mol. The molecule has 0 saturated heterocycles. The van der Waals surface area contributed by atoms with Crippen LogP contribution in [0.2, 0.25) is 0 Å². The summed E-state index contributed by atoms with van der Waals surface area (Å²) < 4.78 is 5.25. The lowest BCUT2D eigenvalue weighted by Gasteiger charge is -2.17. The van der Waals surface area contributed by atoms with Crippen LogP contribution in [0.4, 0.5) is 0 Å². The standard InChI is InChI=1S/C106H62S2/c1-2-23-79-74(18-1)59-96(85-26-4-3-24-83(79)85)72-21-13-19-64(54-72)66-43-44-68-53-69(46-45-67(68)52-66)70-42-40-63-41-47-75(57-77(63)56-70)80-32-15-35-93-88-50-48-71(58-98(88)86-27-6-8-31-92(86)103(80)93)65-20-14-22-73(55-65)97-61-78(62-100-90-29-10-12-39-102(90)108-106(97)100)81-33-16-36-94-99-60-76(49-51-87(99)84-25-5-7-30-91(84)104(81)94)82-34-17-37-95-89-28-9-11-38-101(89)107-105(82)95/h1-62H. The zero-order valence-electron chi connectivity index (χ0n) is 58.6. The van der Waals surface area contributed by atoms with E-state index in [1.54, 1.807) is 0 Å². The number of fused-ring (bicyclic) bond motifs is 23. The van der Waals surface area contributed by atoms with E-state index in [4.69, 9.17) is 0 Å². The quantitative estimate of drug-likeness (QED) is 0.133. The fraction of sp³-hybridized carbons (Fsp3) is 0. The molecule has 23 aromatic rings. The molecule has 0 nitrogen and oxygen atoms in total. The second-order valence-electron chi connectivity index (χ2n) is 29.3. The predicted molar refractivity (Wildman–Crippen MR) is 471 cm³/mol. The molecule has 0 aliphatic carbocycles. The zero-order valence-corrected chi connectivity index (χ0v) is 60.2. The van der Waals surface area contributed by atoms with E-state index in [1.807, 2.05) is 22.7 Å². The third-order valence-corrected chi connectivity index (χ3v) is 25.8. The summed E-state index contributed by atoms with van der Waals surface area (Å²) in [6.45, 7) is 0. The highest BCUT2D eigenvalue weighted by Crippen LogP contribution is 2.50. The first-order chi connectivity index (χ1) is 53.5. The smallest absolute Gasteiger partial charge is 0.0434 e. The van der Waals surface area contributed by atoms with Gasteiger partial charge in [-0.15, -0.1) is 22.7 Å². The molecule has 108 heavy (non-hydrogen) atoms. The predicted octanol–water partition coefficient (Wildman–Crippen LogP) is 31.3. The average Bonchev–Trinajstić information content (AvgIpc) is 1.27. The van der Waals surface area contributed by atoms with E-state index in [0.29, 0.717) is 0 Å². The van der Waals surface area contributed by atoms with Gasteiger partial charge in [0, 0.05) is 45.9 Å². The van der Waals surface area contributed by atoms with Crippen LogP contribution in [0.3, 0.4) is 0 Å². The monoisotopic (exact) mass is 1400 g/mol. The third kappa shape index (κ3) is 9.61. The molecular formula is C106H62S2. The Morgan fingerprint density at radius 1 is 0.130 bits per heavy atom. The number of thiophene rings is 2. The maximum Gasteiger partial charge on any atom is 0.0434 e. The molecule has 0 atom stereocenters. The van der Waals surface area contributed by atoms with Gasteiger partial charge in [-0.3, -0.25) is 0 Å². The minimum atomic E-state index is 1.19. The molecule has 0 fully saturated rings. The summed E-state index contributed by atoms with van der Waals surface area (Å²) in [5, 5.41) is 30.4. The minimum absolute atomic E-state index is 1.19. The van der Waals surface area contributed by atoms with E-state index in [1.165, 1.54) is 237 Å². The lowest BCUT2D eigenvalue weighted by Crippen LogP contribution is -1.90. The lowest BCUT2D eigenvalue weighted by molar-refractivity contribution is 1.62. The molecule has 2 aromatic heterocycles. The molecule has 0 aliphatic rings. The molecule has 23 rings (SSSR count). The van der Waals surface area contributed by atoms with Crippen LogP contribution in [0.25, 0.3) is 237 Å². The van der Waals surface area contributed by atoms with Gasteiger partial charge in [-0.2, -0.15) is 0 Å². The highest BCUT2D eigenvalue weighted by Gasteiger charge is 2.22. The summed E-state index contributed by atoms with van der Waals surface area (Å²) in [4.78, 5) is 0. The highest BCUT2D eigenvalue weighted by molar-refractivity contribution is 7.26. The topological polar surface area (TPSA) is 0 Å². The van der Waals surface area contributed by atoms with Crippen molar-refractivity contribution in [3.63, 3.8) is 0 Å². The van der Waals surface area contributed by atoms with Crippen LogP contribution in [0.1, 0.15) is 0 Å². The van der Waals surface area contributed by atoms with Gasteiger partial charge < -0.3 is 0 Å². The molecule has 0 amide bonds. The van der Waals surface area contributed by atoms with E-state index in [9.17, 15) is 0 Å². The maximum absolute atomic E-state index is 2.49. The Bertz CT molecular complexity index is 7780. The van der Waals surface area contributed by atoms with Crippen molar-refractivity contribution in [2.24, 2.45) is 0 Å². The molecule has 0 spiro atoms. The molecule has 2 heteroatoms. The number of hydrogen-bond donors (Lipinski definition) is 0. The third-order valence-electron chi connectivity index (χ3n) is 23.3. The van der Waals surface area contributed by atoms with Crippen LogP contribution >= 0.6 is 22.7 Å². The van der Waals surface area contributed by atoms with Crippen molar-refractivity contribution >= 4 is 171 Å². The van der Waals surface area contributed by atoms with Gasteiger partial charge in [0.25, 0.3) is 0 Å². The van der Waals surface area contributed by atoms with Crippen LogP contribution in [0.5, 0.6) is 0 Å².